The van der Waals surface area contributed by atoms with Crippen molar-refractivity contribution in [3.05, 3.63) is 108 Å². The number of ketones is 1. The van der Waals surface area contributed by atoms with E-state index in [1.54, 1.807) is 23.5 Å². The first-order chi connectivity index (χ1) is 19.4. The van der Waals surface area contributed by atoms with Gasteiger partial charge in [0, 0.05) is 21.5 Å². The zero-order valence-corrected chi connectivity index (χ0v) is 24.7. The molecule has 2 N–H and O–H groups in total. The summed E-state index contributed by atoms with van der Waals surface area (Å²) in [6.45, 7) is 1.32. The summed E-state index contributed by atoms with van der Waals surface area (Å²) in [5, 5.41) is 26.4. The van der Waals surface area contributed by atoms with E-state index in [0.717, 1.165) is 39.5 Å². The van der Waals surface area contributed by atoms with Crippen LogP contribution < -0.4 is 0 Å². The number of carbonyl (C=O) groups excluding carboxylic acids is 1. The molecule has 3 aromatic rings. The summed E-state index contributed by atoms with van der Waals surface area (Å²) in [4.78, 5) is 18.6. The minimum absolute atomic E-state index is 0.115. The van der Waals surface area contributed by atoms with Gasteiger partial charge >= 0.3 is 0 Å². The van der Waals surface area contributed by atoms with E-state index in [9.17, 15) is 15.0 Å². The second-order valence-electron chi connectivity index (χ2n) is 9.65. The molecule has 0 radical (unpaired) electrons. The molecular weight excluding hydrogens is 562 g/mol. The van der Waals surface area contributed by atoms with Gasteiger partial charge in [-0.1, -0.05) is 83.7 Å². The normalized spacial score (nSPS) is 18.8. The molecule has 4 atom stereocenters. The molecule has 4 unspecified atom stereocenters. The summed E-state index contributed by atoms with van der Waals surface area (Å²) < 4.78 is 0. The van der Waals surface area contributed by atoms with Gasteiger partial charge in [0.05, 0.1) is 11.1 Å². The fourth-order valence-electron chi connectivity index (χ4n) is 4.25. The summed E-state index contributed by atoms with van der Waals surface area (Å²) in [5.74, 6) is 0.642. The van der Waals surface area contributed by atoms with Crippen molar-refractivity contribution in [1.29, 1.82) is 0 Å². The van der Waals surface area contributed by atoms with Crippen LogP contribution in [0.15, 0.2) is 106 Å². The molecule has 0 saturated heterocycles. The summed E-state index contributed by atoms with van der Waals surface area (Å²) in [6, 6.07) is 25.2. The number of aliphatic hydroxyl groups is 2. The lowest BCUT2D eigenvalue weighted by atomic mass is 10.0. The number of alkyl halides is 1. The Morgan fingerprint density at radius 2 is 1.55 bits per heavy atom. The first-order valence-electron chi connectivity index (χ1n) is 13.3. The number of rotatable bonds is 13. The Morgan fingerprint density at radius 3 is 2.15 bits per heavy atom. The molecule has 0 saturated carbocycles. The van der Waals surface area contributed by atoms with Crippen LogP contribution in [0.5, 0.6) is 0 Å². The van der Waals surface area contributed by atoms with Crippen LogP contribution in [-0.4, -0.2) is 44.7 Å². The quantitative estimate of drug-likeness (QED) is 0.0930. The third-order valence-corrected chi connectivity index (χ3v) is 9.10. The highest BCUT2D eigenvalue weighted by Gasteiger charge is 2.19. The van der Waals surface area contributed by atoms with Crippen molar-refractivity contribution in [2.45, 2.75) is 58.8 Å². The van der Waals surface area contributed by atoms with Gasteiger partial charge in [0.25, 0.3) is 0 Å². The SMILES string of the molecule is CC(=O)CO/N=C(\CCSC1C=CC(Cl)CC1)C(O)c1ccc(Sc2ccc(C(O)c3ccccc3)cc2)cc1. The van der Waals surface area contributed by atoms with E-state index in [-0.39, 0.29) is 17.8 Å². The van der Waals surface area contributed by atoms with Crippen LogP contribution in [0.3, 0.4) is 0 Å². The molecule has 40 heavy (non-hydrogen) atoms. The van der Waals surface area contributed by atoms with E-state index in [0.29, 0.717) is 22.9 Å². The van der Waals surface area contributed by atoms with Crippen molar-refractivity contribution >= 4 is 46.6 Å². The number of carbonyl (C=O) groups is 1. The molecular formula is C32H34ClNO4S2. The highest BCUT2D eigenvalue weighted by molar-refractivity contribution is 8.00. The molecule has 0 aromatic heterocycles. The van der Waals surface area contributed by atoms with E-state index in [2.05, 4.69) is 11.2 Å². The summed E-state index contributed by atoms with van der Waals surface area (Å²) >= 11 is 9.56. The summed E-state index contributed by atoms with van der Waals surface area (Å²) in [5.41, 5.74) is 2.91. The van der Waals surface area contributed by atoms with Gasteiger partial charge in [0.15, 0.2) is 12.4 Å². The number of benzene rings is 3. The molecule has 210 valence electrons. The molecule has 0 amide bonds. The molecule has 4 rings (SSSR count). The minimum Gasteiger partial charge on any atom is -0.388 e. The van der Waals surface area contributed by atoms with Crippen molar-refractivity contribution in [1.82, 2.24) is 0 Å². The topological polar surface area (TPSA) is 79.1 Å². The van der Waals surface area contributed by atoms with Crippen molar-refractivity contribution in [2.24, 2.45) is 5.16 Å². The highest BCUT2D eigenvalue weighted by Crippen LogP contribution is 2.32. The van der Waals surface area contributed by atoms with E-state index in [1.807, 2.05) is 84.9 Å². The third-order valence-electron chi connectivity index (χ3n) is 6.46. The molecule has 3 aromatic carbocycles. The van der Waals surface area contributed by atoms with Crippen LogP contribution in [-0.2, 0) is 9.63 Å². The van der Waals surface area contributed by atoms with Gasteiger partial charge < -0.3 is 15.1 Å². The molecule has 1 aliphatic carbocycles. The molecule has 8 heteroatoms. The Kier molecular flexibility index (Phi) is 11.7. The van der Waals surface area contributed by atoms with Crippen molar-refractivity contribution in [3.8, 4) is 0 Å². The highest BCUT2D eigenvalue weighted by atomic mass is 35.5. The van der Waals surface area contributed by atoms with Crippen molar-refractivity contribution < 1.29 is 19.8 Å². The number of allylic oxidation sites excluding steroid dienone is 1. The van der Waals surface area contributed by atoms with Gasteiger partial charge in [-0.2, -0.15) is 11.8 Å². The predicted molar refractivity (Wildman–Crippen MR) is 165 cm³/mol. The number of hydrogen-bond acceptors (Lipinski definition) is 7. The van der Waals surface area contributed by atoms with Crippen molar-refractivity contribution in [3.63, 3.8) is 0 Å². The van der Waals surface area contributed by atoms with Crippen LogP contribution in [0.2, 0.25) is 0 Å². The number of hydrogen-bond donors (Lipinski definition) is 2. The zero-order chi connectivity index (χ0) is 28.3. The first-order valence-corrected chi connectivity index (χ1v) is 15.6. The number of nitrogens with zero attached hydrogens (tertiary/aromatic N) is 1. The number of oxime groups is 1. The number of thioether (sulfide) groups is 1. The molecule has 0 bridgehead atoms. The van der Waals surface area contributed by atoms with E-state index in [4.69, 9.17) is 16.4 Å². The fraction of sp³-hybridized carbons (Fsp3) is 0.312. The second-order valence-corrected chi connectivity index (χ2v) is 12.7. The second kappa shape index (κ2) is 15.5. The van der Waals surface area contributed by atoms with Gasteiger partial charge in [-0.3, -0.25) is 4.79 Å². The van der Waals surface area contributed by atoms with Gasteiger partial charge in [-0.25, -0.2) is 0 Å². The monoisotopic (exact) mass is 595 g/mol. The van der Waals surface area contributed by atoms with E-state index in [1.165, 1.54) is 6.92 Å². The third kappa shape index (κ3) is 9.25. The van der Waals surface area contributed by atoms with Gasteiger partial charge in [-0.15, -0.1) is 11.6 Å². The van der Waals surface area contributed by atoms with Crippen LogP contribution in [0.4, 0.5) is 0 Å². The average Bonchev–Trinajstić information content (AvgIpc) is 2.98. The smallest absolute Gasteiger partial charge is 0.174 e. The Bertz CT molecular complexity index is 1280. The Balaban J connectivity index is 1.36. The maximum Gasteiger partial charge on any atom is 0.174 e. The van der Waals surface area contributed by atoms with Crippen LogP contribution in [0, 0.1) is 0 Å². The number of Topliss-reactive ketones (excluding diaryl/α,β-unsaturated/α-hetero) is 1. The minimum atomic E-state index is -0.931. The predicted octanol–water partition coefficient (Wildman–Crippen LogP) is 7.36. The fourth-order valence-corrected chi connectivity index (χ4v) is 6.41. The van der Waals surface area contributed by atoms with Gasteiger partial charge in [0.2, 0.25) is 0 Å². The largest absolute Gasteiger partial charge is 0.388 e. The van der Waals surface area contributed by atoms with E-state index >= 15 is 0 Å². The zero-order valence-electron chi connectivity index (χ0n) is 22.4. The maximum atomic E-state index is 11.3. The number of aliphatic hydroxyl groups excluding tert-OH is 2. The number of halogens is 1. The van der Waals surface area contributed by atoms with Crippen LogP contribution >= 0.6 is 35.1 Å². The van der Waals surface area contributed by atoms with E-state index < -0.39 is 12.2 Å². The average molecular weight is 596 g/mol. The molecule has 0 fully saturated rings. The Hall–Kier alpha value is -2.55. The summed E-state index contributed by atoms with van der Waals surface area (Å²) in [6.07, 6.45) is 5.14. The molecule has 0 heterocycles. The lowest BCUT2D eigenvalue weighted by Crippen LogP contribution is -2.16. The first kappa shape index (κ1) is 30.4. The van der Waals surface area contributed by atoms with Crippen LogP contribution in [0.25, 0.3) is 0 Å². The lowest BCUT2D eigenvalue weighted by molar-refractivity contribution is -0.121. The van der Waals surface area contributed by atoms with Gasteiger partial charge in [0.1, 0.15) is 12.2 Å². The van der Waals surface area contributed by atoms with Crippen molar-refractivity contribution in [2.75, 3.05) is 12.4 Å². The molecule has 5 nitrogen and oxygen atoms in total. The Labute approximate surface area is 249 Å². The lowest BCUT2D eigenvalue weighted by Gasteiger charge is -2.19. The maximum absolute atomic E-state index is 11.3. The van der Waals surface area contributed by atoms with Gasteiger partial charge in [-0.05, 0) is 66.5 Å². The molecule has 1 aliphatic rings. The molecule has 0 spiro atoms. The summed E-state index contributed by atoms with van der Waals surface area (Å²) in [7, 11) is 0. The standard InChI is InChI=1S/C32H34ClNO4S2/c1-22(35)21-38-34-30(19-20-39-27-17-11-26(33)12-18-27)32(37)25-9-15-29(16-10-25)40-28-13-7-24(8-14-28)31(36)23-5-3-2-4-6-23/h2-11,13-17,26-27,31-32,36-37H,12,18-21H2,1H3/b34-30+. The Morgan fingerprint density at radius 1 is 0.925 bits per heavy atom. The van der Waals surface area contributed by atoms with Crippen LogP contribution in [0.1, 0.15) is 55.1 Å². The molecule has 0 aliphatic heterocycles.